The van der Waals surface area contributed by atoms with Crippen LogP contribution in [0.3, 0.4) is 0 Å². The second-order valence-electron chi connectivity index (χ2n) is 6.80. The molecule has 4 rings (SSSR count). The number of carbonyl (C=O) groups is 2. The monoisotopic (exact) mass is 467 g/mol. The highest BCUT2D eigenvalue weighted by Crippen LogP contribution is 2.44. The Labute approximate surface area is 181 Å². The van der Waals surface area contributed by atoms with E-state index in [-0.39, 0.29) is 11.3 Å². The number of aliphatic hydroxyl groups is 1. The number of Topliss-reactive ketones (excluding diaryl/α,β-unsaturated/α-hetero) is 1. The Hall–Kier alpha value is -3.32. The molecule has 1 aliphatic heterocycles. The molecule has 2 heterocycles. The lowest BCUT2D eigenvalue weighted by Gasteiger charge is -2.23. The van der Waals surface area contributed by atoms with Crippen LogP contribution in [0.1, 0.15) is 23.1 Å². The Balaban J connectivity index is 1.97. The number of benzene rings is 2. The van der Waals surface area contributed by atoms with E-state index in [0.29, 0.717) is 28.5 Å². The van der Waals surface area contributed by atoms with Crippen molar-refractivity contribution in [1.29, 1.82) is 0 Å². The van der Waals surface area contributed by atoms with E-state index in [9.17, 15) is 14.7 Å². The lowest BCUT2D eigenvalue weighted by molar-refractivity contribution is -0.132. The van der Waals surface area contributed by atoms with Crippen LogP contribution in [0.4, 0.5) is 5.69 Å². The molecule has 1 aromatic heterocycles. The van der Waals surface area contributed by atoms with Gasteiger partial charge in [0.2, 0.25) is 0 Å². The van der Waals surface area contributed by atoms with Crippen molar-refractivity contribution in [1.82, 2.24) is 0 Å². The third kappa shape index (κ3) is 3.31. The summed E-state index contributed by atoms with van der Waals surface area (Å²) < 4.78 is 11.9. The number of anilines is 1. The van der Waals surface area contributed by atoms with Gasteiger partial charge in [0.15, 0.2) is 0 Å². The summed E-state index contributed by atoms with van der Waals surface area (Å²) in [7, 11) is 1.47. The number of ether oxygens (including phenoxy) is 1. The SMILES string of the molecule is COc1ccccc1/C(O)=C1/C(=O)C(=O)N(c2cccc(Br)c2)C1c1ccc(C)o1. The summed E-state index contributed by atoms with van der Waals surface area (Å²) >= 11 is 3.40. The average molecular weight is 468 g/mol. The van der Waals surface area contributed by atoms with E-state index in [1.807, 2.05) is 6.07 Å². The van der Waals surface area contributed by atoms with E-state index in [1.165, 1.54) is 12.0 Å². The zero-order valence-electron chi connectivity index (χ0n) is 16.3. The molecule has 1 fully saturated rings. The van der Waals surface area contributed by atoms with Crippen molar-refractivity contribution >= 4 is 39.1 Å². The van der Waals surface area contributed by atoms with Crippen molar-refractivity contribution in [3.63, 3.8) is 0 Å². The smallest absolute Gasteiger partial charge is 0.300 e. The van der Waals surface area contributed by atoms with Crippen LogP contribution < -0.4 is 9.64 Å². The zero-order valence-corrected chi connectivity index (χ0v) is 17.8. The maximum Gasteiger partial charge on any atom is 0.300 e. The van der Waals surface area contributed by atoms with Crippen molar-refractivity contribution in [2.45, 2.75) is 13.0 Å². The number of ketones is 1. The second kappa shape index (κ2) is 7.84. The van der Waals surface area contributed by atoms with Crippen LogP contribution in [0.25, 0.3) is 5.76 Å². The van der Waals surface area contributed by atoms with Gasteiger partial charge in [0, 0.05) is 10.2 Å². The van der Waals surface area contributed by atoms with E-state index in [2.05, 4.69) is 15.9 Å². The van der Waals surface area contributed by atoms with Gasteiger partial charge in [0.1, 0.15) is 29.1 Å². The number of aliphatic hydroxyl groups excluding tert-OH is 1. The minimum Gasteiger partial charge on any atom is -0.507 e. The summed E-state index contributed by atoms with van der Waals surface area (Å²) in [5, 5.41) is 11.1. The van der Waals surface area contributed by atoms with Gasteiger partial charge in [-0.3, -0.25) is 14.5 Å². The maximum atomic E-state index is 13.1. The first-order valence-corrected chi connectivity index (χ1v) is 9.98. The molecule has 1 aliphatic rings. The number of aryl methyl sites for hydroxylation is 1. The average Bonchev–Trinajstić information content (AvgIpc) is 3.28. The topological polar surface area (TPSA) is 80.0 Å². The van der Waals surface area contributed by atoms with Gasteiger partial charge in [-0.2, -0.15) is 0 Å². The van der Waals surface area contributed by atoms with E-state index in [4.69, 9.17) is 9.15 Å². The molecule has 0 radical (unpaired) electrons. The third-order valence-electron chi connectivity index (χ3n) is 4.92. The van der Waals surface area contributed by atoms with Crippen LogP contribution in [0.15, 0.2) is 75.1 Å². The van der Waals surface area contributed by atoms with Gasteiger partial charge in [0.25, 0.3) is 11.7 Å². The summed E-state index contributed by atoms with van der Waals surface area (Å²) in [4.78, 5) is 27.5. The molecule has 0 bridgehead atoms. The van der Waals surface area contributed by atoms with Gasteiger partial charge >= 0.3 is 0 Å². The van der Waals surface area contributed by atoms with Crippen LogP contribution >= 0.6 is 15.9 Å². The molecule has 1 saturated heterocycles. The molecule has 0 spiro atoms. The molecule has 6 nitrogen and oxygen atoms in total. The van der Waals surface area contributed by atoms with Gasteiger partial charge in [-0.15, -0.1) is 0 Å². The number of amides is 1. The van der Waals surface area contributed by atoms with Crippen LogP contribution in [0.2, 0.25) is 0 Å². The molecule has 30 heavy (non-hydrogen) atoms. The fraction of sp³-hybridized carbons (Fsp3) is 0.130. The van der Waals surface area contributed by atoms with E-state index >= 15 is 0 Å². The highest BCUT2D eigenvalue weighted by molar-refractivity contribution is 9.10. The Morgan fingerprint density at radius 2 is 1.87 bits per heavy atom. The Kier molecular flexibility index (Phi) is 5.22. The zero-order chi connectivity index (χ0) is 21.4. The highest BCUT2D eigenvalue weighted by Gasteiger charge is 2.48. The number of carbonyl (C=O) groups excluding carboxylic acids is 2. The minimum atomic E-state index is -0.919. The van der Waals surface area contributed by atoms with Gasteiger partial charge in [-0.1, -0.05) is 34.1 Å². The standard InChI is InChI=1S/C23H18BrNO5/c1-13-10-11-18(30-13)20-19(21(26)16-8-3-4-9-17(16)29-2)22(27)23(28)25(20)15-7-5-6-14(24)12-15/h3-12,20,26H,1-2H3/b21-19-. The van der Waals surface area contributed by atoms with Crippen molar-refractivity contribution in [3.05, 3.63) is 87.8 Å². The number of methoxy groups -OCH3 is 1. The molecule has 0 aliphatic carbocycles. The van der Waals surface area contributed by atoms with Crippen LogP contribution in [-0.2, 0) is 9.59 Å². The Morgan fingerprint density at radius 3 is 2.53 bits per heavy atom. The lowest BCUT2D eigenvalue weighted by atomic mass is 9.98. The number of rotatable bonds is 4. The summed E-state index contributed by atoms with van der Waals surface area (Å²) in [5.41, 5.74) is 0.768. The fourth-order valence-corrected chi connectivity index (χ4v) is 3.97. The van der Waals surface area contributed by atoms with Crippen LogP contribution in [0.5, 0.6) is 5.75 Å². The minimum absolute atomic E-state index is 0.0566. The van der Waals surface area contributed by atoms with Crippen molar-refractivity contribution in [3.8, 4) is 5.75 Å². The quantitative estimate of drug-likeness (QED) is 0.332. The van der Waals surface area contributed by atoms with Gasteiger partial charge in [-0.25, -0.2) is 0 Å². The number of nitrogens with zero attached hydrogens (tertiary/aromatic N) is 1. The molecule has 152 valence electrons. The van der Waals surface area contributed by atoms with Crippen molar-refractivity contribution in [2.24, 2.45) is 0 Å². The van der Waals surface area contributed by atoms with E-state index < -0.39 is 17.7 Å². The van der Waals surface area contributed by atoms with Crippen molar-refractivity contribution in [2.75, 3.05) is 12.0 Å². The van der Waals surface area contributed by atoms with E-state index in [1.54, 1.807) is 61.5 Å². The Bertz CT molecular complexity index is 1180. The second-order valence-corrected chi connectivity index (χ2v) is 7.71. The summed E-state index contributed by atoms with van der Waals surface area (Å²) in [6.45, 7) is 1.77. The summed E-state index contributed by atoms with van der Waals surface area (Å²) in [6, 6.07) is 16.3. The molecular weight excluding hydrogens is 450 g/mol. The third-order valence-corrected chi connectivity index (χ3v) is 5.42. The first kappa shape index (κ1) is 20.0. The summed E-state index contributed by atoms with van der Waals surface area (Å²) in [6.07, 6.45) is 0. The largest absolute Gasteiger partial charge is 0.507 e. The number of para-hydroxylation sites is 1. The molecule has 0 saturated carbocycles. The first-order valence-electron chi connectivity index (χ1n) is 9.18. The molecule has 1 atom stereocenters. The maximum absolute atomic E-state index is 13.1. The van der Waals surface area contributed by atoms with Gasteiger partial charge < -0.3 is 14.3 Å². The predicted octanol–water partition coefficient (Wildman–Crippen LogP) is 4.99. The molecule has 1 N–H and O–H groups in total. The molecule has 1 amide bonds. The molecule has 2 aromatic carbocycles. The number of hydrogen-bond donors (Lipinski definition) is 1. The summed E-state index contributed by atoms with van der Waals surface area (Å²) in [5.74, 6) is -0.466. The number of halogens is 1. The fourth-order valence-electron chi connectivity index (χ4n) is 3.58. The molecule has 1 unspecified atom stereocenters. The van der Waals surface area contributed by atoms with Gasteiger partial charge in [-0.05, 0) is 49.4 Å². The highest BCUT2D eigenvalue weighted by atomic mass is 79.9. The molecule has 7 heteroatoms. The lowest BCUT2D eigenvalue weighted by Crippen LogP contribution is -2.29. The molecule has 3 aromatic rings. The Morgan fingerprint density at radius 1 is 1.10 bits per heavy atom. The first-order chi connectivity index (χ1) is 14.4. The van der Waals surface area contributed by atoms with Crippen molar-refractivity contribution < 1.29 is 23.8 Å². The molecular formula is C23H18BrNO5. The van der Waals surface area contributed by atoms with E-state index in [0.717, 1.165) is 4.47 Å². The number of hydrogen-bond acceptors (Lipinski definition) is 5. The van der Waals surface area contributed by atoms with Crippen LogP contribution in [-0.4, -0.2) is 23.9 Å². The predicted molar refractivity (Wildman–Crippen MR) is 115 cm³/mol. The van der Waals surface area contributed by atoms with Crippen LogP contribution in [0, 0.1) is 6.92 Å². The number of furan rings is 1. The normalized spacial score (nSPS) is 18.1. The van der Waals surface area contributed by atoms with Gasteiger partial charge in [0.05, 0.1) is 18.2 Å².